The SMILES string of the molecule is Clc1cccc(Cl)c1OC(C1CCOCC1)[C@H]1CCNC1. The van der Waals surface area contributed by atoms with E-state index in [-0.39, 0.29) is 6.10 Å². The first-order valence-electron chi connectivity index (χ1n) is 7.65. The Morgan fingerprint density at radius 3 is 2.43 bits per heavy atom. The van der Waals surface area contributed by atoms with Crippen LogP contribution >= 0.6 is 23.2 Å². The van der Waals surface area contributed by atoms with Crippen molar-refractivity contribution in [3.63, 3.8) is 0 Å². The number of nitrogens with one attached hydrogen (secondary N) is 1. The number of hydrogen-bond donors (Lipinski definition) is 1. The second kappa shape index (κ2) is 7.19. The van der Waals surface area contributed by atoms with Crippen LogP contribution in [0.1, 0.15) is 19.3 Å². The summed E-state index contributed by atoms with van der Waals surface area (Å²) < 4.78 is 11.8. The van der Waals surface area contributed by atoms with Crippen molar-refractivity contribution in [3.05, 3.63) is 28.2 Å². The predicted molar refractivity (Wildman–Crippen MR) is 85.4 cm³/mol. The van der Waals surface area contributed by atoms with E-state index < -0.39 is 0 Å². The molecule has 0 amide bonds. The third kappa shape index (κ3) is 3.65. The molecule has 0 aromatic heterocycles. The van der Waals surface area contributed by atoms with Gasteiger partial charge in [0, 0.05) is 31.6 Å². The molecule has 0 saturated carbocycles. The summed E-state index contributed by atoms with van der Waals surface area (Å²) in [4.78, 5) is 0. The fourth-order valence-corrected chi connectivity index (χ4v) is 3.80. The summed E-state index contributed by atoms with van der Waals surface area (Å²) in [5, 5.41) is 4.61. The van der Waals surface area contributed by atoms with Gasteiger partial charge < -0.3 is 14.8 Å². The van der Waals surface area contributed by atoms with Crippen LogP contribution in [0.5, 0.6) is 5.75 Å². The summed E-state index contributed by atoms with van der Waals surface area (Å²) in [7, 11) is 0. The molecular weight excluding hydrogens is 309 g/mol. The molecule has 3 rings (SSSR count). The molecule has 1 N–H and O–H groups in total. The third-order valence-electron chi connectivity index (χ3n) is 4.47. The number of hydrogen-bond acceptors (Lipinski definition) is 3. The van der Waals surface area contributed by atoms with Crippen molar-refractivity contribution in [2.24, 2.45) is 11.8 Å². The minimum Gasteiger partial charge on any atom is -0.487 e. The Bertz CT molecular complexity index is 451. The van der Waals surface area contributed by atoms with E-state index in [0.717, 1.165) is 45.6 Å². The van der Waals surface area contributed by atoms with E-state index >= 15 is 0 Å². The summed E-state index contributed by atoms with van der Waals surface area (Å²) in [6, 6.07) is 5.51. The van der Waals surface area contributed by atoms with E-state index in [9.17, 15) is 0 Å². The highest BCUT2D eigenvalue weighted by atomic mass is 35.5. The van der Waals surface area contributed by atoms with Crippen LogP contribution in [0.4, 0.5) is 0 Å². The molecule has 2 aliphatic heterocycles. The zero-order valence-corrected chi connectivity index (χ0v) is 13.5. The van der Waals surface area contributed by atoms with E-state index in [2.05, 4.69) is 5.32 Å². The van der Waals surface area contributed by atoms with E-state index in [4.69, 9.17) is 32.7 Å². The molecule has 0 aliphatic carbocycles. The molecule has 0 radical (unpaired) electrons. The molecule has 0 spiro atoms. The third-order valence-corrected chi connectivity index (χ3v) is 5.06. The van der Waals surface area contributed by atoms with E-state index in [1.54, 1.807) is 0 Å². The first-order valence-corrected chi connectivity index (χ1v) is 8.40. The molecule has 2 heterocycles. The Labute approximate surface area is 135 Å². The second-order valence-corrected chi connectivity index (χ2v) is 6.65. The lowest BCUT2D eigenvalue weighted by molar-refractivity contribution is -0.00125. The van der Waals surface area contributed by atoms with Gasteiger partial charge >= 0.3 is 0 Å². The molecule has 1 aromatic carbocycles. The molecule has 1 unspecified atom stereocenters. The van der Waals surface area contributed by atoms with Gasteiger partial charge in [-0.1, -0.05) is 29.3 Å². The van der Waals surface area contributed by atoms with Crippen LogP contribution in [0.2, 0.25) is 10.0 Å². The van der Waals surface area contributed by atoms with Crippen LogP contribution < -0.4 is 10.1 Å². The number of para-hydroxylation sites is 1. The summed E-state index contributed by atoms with van der Waals surface area (Å²) in [5.74, 6) is 1.65. The minimum atomic E-state index is 0.154. The largest absolute Gasteiger partial charge is 0.487 e. The van der Waals surface area contributed by atoms with Crippen molar-refractivity contribution < 1.29 is 9.47 Å². The summed E-state index contributed by atoms with van der Waals surface area (Å²) in [6.07, 6.45) is 3.39. The maximum Gasteiger partial charge on any atom is 0.156 e. The molecule has 0 bridgehead atoms. The van der Waals surface area contributed by atoms with Gasteiger partial charge in [0.15, 0.2) is 5.75 Å². The van der Waals surface area contributed by atoms with Gasteiger partial charge in [0.05, 0.1) is 10.0 Å². The zero-order chi connectivity index (χ0) is 14.7. The van der Waals surface area contributed by atoms with Gasteiger partial charge in [-0.05, 0) is 37.9 Å². The van der Waals surface area contributed by atoms with E-state index in [1.165, 1.54) is 0 Å². The van der Waals surface area contributed by atoms with Crippen molar-refractivity contribution in [1.82, 2.24) is 5.32 Å². The van der Waals surface area contributed by atoms with Crippen molar-refractivity contribution in [1.29, 1.82) is 0 Å². The monoisotopic (exact) mass is 329 g/mol. The highest BCUT2D eigenvalue weighted by Crippen LogP contribution is 2.37. The van der Waals surface area contributed by atoms with Gasteiger partial charge in [0.2, 0.25) is 0 Å². The Morgan fingerprint density at radius 2 is 1.81 bits per heavy atom. The first-order chi connectivity index (χ1) is 10.3. The van der Waals surface area contributed by atoms with Gasteiger partial charge in [0.25, 0.3) is 0 Å². The molecule has 116 valence electrons. The molecule has 1 aromatic rings. The highest BCUT2D eigenvalue weighted by molar-refractivity contribution is 6.37. The van der Waals surface area contributed by atoms with Crippen LogP contribution in [0, 0.1) is 11.8 Å². The zero-order valence-electron chi connectivity index (χ0n) is 12.0. The Hall–Kier alpha value is -0.480. The quantitative estimate of drug-likeness (QED) is 0.911. The topological polar surface area (TPSA) is 30.5 Å². The Kier molecular flexibility index (Phi) is 5.28. The molecule has 2 atom stereocenters. The van der Waals surface area contributed by atoms with E-state index in [1.807, 2.05) is 18.2 Å². The molecule has 2 saturated heterocycles. The smallest absolute Gasteiger partial charge is 0.156 e. The molecular formula is C16H21Cl2NO2. The number of ether oxygens (including phenoxy) is 2. The molecule has 5 heteroatoms. The normalized spacial score (nSPS) is 25.0. The average molecular weight is 330 g/mol. The van der Waals surface area contributed by atoms with Crippen LogP contribution in [-0.4, -0.2) is 32.4 Å². The lowest BCUT2D eigenvalue weighted by Crippen LogP contribution is -2.39. The maximum atomic E-state index is 6.34. The minimum absolute atomic E-state index is 0.154. The van der Waals surface area contributed by atoms with E-state index in [0.29, 0.717) is 27.6 Å². The molecule has 3 nitrogen and oxygen atoms in total. The summed E-state index contributed by atoms with van der Waals surface area (Å²) in [5.41, 5.74) is 0. The van der Waals surface area contributed by atoms with Crippen LogP contribution in [0.3, 0.4) is 0 Å². The number of benzene rings is 1. The average Bonchev–Trinajstić information content (AvgIpc) is 3.02. The van der Waals surface area contributed by atoms with Crippen LogP contribution in [0.25, 0.3) is 0 Å². The van der Waals surface area contributed by atoms with Gasteiger partial charge in [-0.2, -0.15) is 0 Å². The Morgan fingerprint density at radius 1 is 1.10 bits per heavy atom. The lowest BCUT2D eigenvalue weighted by Gasteiger charge is -2.34. The first kappa shape index (κ1) is 15.4. The van der Waals surface area contributed by atoms with Gasteiger partial charge in [-0.25, -0.2) is 0 Å². The lowest BCUT2D eigenvalue weighted by atomic mass is 9.85. The predicted octanol–water partition coefficient (Wildman–Crippen LogP) is 3.78. The van der Waals surface area contributed by atoms with Crippen molar-refractivity contribution in [2.75, 3.05) is 26.3 Å². The highest BCUT2D eigenvalue weighted by Gasteiger charge is 2.35. The van der Waals surface area contributed by atoms with Crippen LogP contribution in [-0.2, 0) is 4.74 Å². The number of halogens is 2. The molecule has 21 heavy (non-hydrogen) atoms. The van der Waals surface area contributed by atoms with Crippen molar-refractivity contribution in [2.45, 2.75) is 25.4 Å². The Balaban J connectivity index is 1.80. The summed E-state index contributed by atoms with van der Waals surface area (Å²) >= 11 is 12.5. The van der Waals surface area contributed by atoms with Crippen molar-refractivity contribution >= 4 is 23.2 Å². The van der Waals surface area contributed by atoms with Gasteiger partial charge in [0.1, 0.15) is 6.10 Å². The fraction of sp³-hybridized carbons (Fsp3) is 0.625. The molecule has 2 fully saturated rings. The standard InChI is InChI=1S/C16H21Cl2NO2/c17-13-2-1-3-14(18)16(13)21-15(12-4-7-19-10-12)11-5-8-20-9-6-11/h1-3,11-12,15,19H,4-10H2/t12-,15?/m0/s1. The summed E-state index contributed by atoms with van der Waals surface area (Å²) in [6.45, 7) is 3.70. The fourth-order valence-electron chi connectivity index (χ4n) is 3.31. The van der Waals surface area contributed by atoms with Gasteiger partial charge in [-0.3, -0.25) is 0 Å². The maximum absolute atomic E-state index is 6.34. The number of rotatable bonds is 4. The molecule has 2 aliphatic rings. The second-order valence-electron chi connectivity index (χ2n) is 5.84. The van der Waals surface area contributed by atoms with Crippen molar-refractivity contribution in [3.8, 4) is 5.75 Å². The van der Waals surface area contributed by atoms with Gasteiger partial charge in [-0.15, -0.1) is 0 Å². The van der Waals surface area contributed by atoms with Crippen LogP contribution in [0.15, 0.2) is 18.2 Å².